The SMILES string of the molecule is c1ccc(-c2ccccc2-c2cccc(-c3c4ccccc4c(-c4cccc(-c5ccccc5-c5ccccc5)c4)c4ccccc34)c2)cc1. The molecule has 0 heteroatoms. The van der Waals surface area contributed by atoms with E-state index in [1.807, 2.05) is 0 Å². The zero-order valence-corrected chi connectivity index (χ0v) is 27.6. The van der Waals surface area contributed by atoms with Crippen LogP contribution in [0, 0.1) is 0 Å². The minimum absolute atomic E-state index is 1.21. The third-order valence-electron chi connectivity index (χ3n) is 9.88. The van der Waals surface area contributed by atoms with Crippen LogP contribution in [0.15, 0.2) is 206 Å². The van der Waals surface area contributed by atoms with Gasteiger partial charge in [0.05, 0.1) is 0 Å². The van der Waals surface area contributed by atoms with E-state index in [0.717, 1.165) is 0 Å². The van der Waals surface area contributed by atoms with Crippen molar-refractivity contribution in [1.29, 1.82) is 0 Å². The van der Waals surface area contributed by atoms with Crippen molar-refractivity contribution in [3.05, 3.63) is 206 Å². The molecule has 50 heavy (non-hydrogen) atoms. The molecule has 9 rings (SSSR count). The molecule has 0 heterocycles. The highest BCUT2D eigenvalue weighted by molar-refractivity contribution is 6.21. The first kappa shape index (κ1) is 29.6. The molecule has 0 unspecified atom stereocenters. The van der Waals surface area contributed by atoms with Gasteiger partial charge in [0.15, 0.2) is 0 Å². The summed E-state index contributed by atoms with van der Waals surface area (Å²) in [6.07, 6.45) is 0. The minimum Gasteiger partial charge on any atom is -0.0622 e. The third-order valence-corrected chi connectivity index (χ3v) is 9.88. The molecule has 0 atom stereocenters. The lowest BCUT2D eigenvalue weighted by Gasteiger charge is -2.19. The lowest BCUT2D eigenvalue weighted by Crippen LogP contribution is -1.92. The summed E-state index contributed by atoms with van der Waals surface area (Å²) in [7, 11) is 0. The lowest BCUT2D eigenvalue weighted by molar-refractivity contribution is 1.57. The molecule has 0 saturated heterocycles. The van der Waals surface area contributed by atoms with Crippen molar-refractivity contribution >= 4 is 21.5 Å². The number of rotatable bonds is 6. The number of benzene rings is 9. The second kappa shape index (κ2) is 12.8. The highest BCUT2D eigenvalue weighted by Gasteiger charge is 2.18. The van der Waals surface area contributed by atoms with Crippen molar-refractivity contribution in [3.8, 4) is 66.8 Å². The molecular formula is C50H34. The maximum atomic E-state index is 2.37. The summed E-state index contributed by atoms with van der Waals surface area (Å²) in [6, 6.07) is 74.9. The van der Waals surface area contributed by atoms with Gasteiger partial charge in [-0.25, -0.2) is 0 Å². The van der Waals surface area contributed by atoms with Crippen LogP contribution in [0.1, 0.15) is 0 Å². The normalized spacial score (nSPS) is 11.2. The fraction of sp³-hybridized carbons (Fsp3) is 0. The first-order valence-electron chi connectivity index (χ1n) is 17.3. The van der Waals surface area contributed by atoms with Crippen LogP contribution in [0.25, 0.3) is 88.3 Å². The van der Waals surface area contributed by atoms with E-state index in [1.165, 1.54) is 88.3 Å². The molecule has 0 bridgehead atoms. The average Bonchev–Trinajstić information content (AvgIpc) is 3.20. The standard InChI is InChI=1S/C50H34/c1-3-17-35(18-4-1)41-25-7-9-27-43(41)37-21-15-23-39(33-37)49-45-29-11-13-31-47(45)50(48-32-14-12-30-46(48)49)40-24-16-22-38(34-40)44-28-10-8-26-42(44)36-19-5-2-6-20-36/h1-34H. The predicted molar refractivity (Wildman–Crippen MR) is 214 cm³/mol. The Morgan fingerprint density at radius 2 is 0.440 bits per heavy atom. The van der Waals surface area contributed by atoms with Gasteiger partial charge in [0, 0.05) is 0 Å². The van der Waals surface area contributed by atoms with Crippen molar-refractivity contribution in [2.75, 3.05) is 0 Å². The second-order valence-electron chi connectivity index (χ2n) is 12.8. The first-order valence-corrected chi connectivity index (χ1v) is 17.3. The zero-order valence-electron chi connectivity index (χ0n) is 27.6. The van der Waals surface area contributed by atoms with Crippen LogP contribution in [0.2, 0.25) is 0 Å². The minimum atomic E-state index is 1.21. The van der Waals surface area contributed by atoms with Gasteiger partial charge >= 0.3 is 0 Å². The third kappa shape index (κ3) is 5.28. The molecule has 0 aliphatic heterocycles. The van der Waals surface area contributed by atoms with Crippen LogP contribution < -0.4 is 0 Å². The summed E-state index contributed by atoms with van der Waals surface area (Å²) in [5.41, 5.74) is 14.8. The topological polar surface area (TPSA) is 0 Å². The molecular weight excluding hydrogens is 601 g/mol. The first-order chi connectivity index (χ1) is 24.8. The quantitative estimate of drug-likeness (QED) is 0.160. The van der Waals surface area contributed by atoms with E-state index in [0.29, 0.717) is 0 Å². The van der Waals surface area contributed by atoms with Crippen molar-refractivity contribution in [3.63, 3.8) is 0 Å². The fourth-order valence-corrected chi connectivity index (χ4v) is 7.64. The molecule has 0 aliphatic carbocycles. The molecule has 9 aromatic rings. The van der Waals surface area contributed by atoms with E-state index in [4.69, 9.17) is 0 Å². The Morgan fingerprint density at radius 3 is 0.800 bits per heavy atom. The van der Waals surface area contributed by atoms with Gasteiger partial charge in [-0.1, -0.05) is 194 Å². The summed E-state index contributed by atoms with van der Waals surface area (Å²) < 4.78 is 0. The molecule has 0 nitrogen and oxygen atoms in total. The van der Waals surface area contributed by atoms with E-state index in [9.17, 15) is 0 Å². The van der Waals surface area contributed by atoms with E-state index in [-0.39, 0.29) is 0 Å². The summed E-state index contributed by atoms with van der Waals surface area (Å²) in [5.74, 6) is 0. The summed E-state index contributed by atoms with van der Waals surface area (Å²) in [4.78, 5) is 0. The molecule has 0 aliphatic rings. The van der Waals surface area contributed by atoms with Crippen molar-refractivity contribution in [1.82, 2.24) is 0 Å². The molecule has 9 aromatic carbocycles. The Kier molecular flexibility index (Phi) is 7.61. The summed E-state index contributed by atoms with van der Waals surface area (Å²) in [5, 5.41) is 5.02. The maximum Gasteiger partial charge on any atom is -0.00262 e. The molecule has 0 spiro atoms. The smallest absolute Gasteiger partial charge is 0.00262 e. The van der Waals surface area contributed by atoms with Crippen molar-refractivity contribution < 1.29 is 0 Å². The highest BCUT2D eigenvalue weighted by atomic mass is 14.2. The Balaban J connectivity index is 1.24. The Hall–Kier alpha value is -6.50. The zero-order chi connectivity index (χ0) is 33.3. The van der Waals surface area contributed by atoms with Crippen LogP contribution in [-0.2, 0) is 0 Å². The Morgan fingerprint density at radius 1 is 0.180 bits per heavy atom. The van der Waals surface area contributed by atoms with Gasteiger partial charge in [0.25, 0.3) is 0 Å². The van der Waals surface area contributed by atoms with Crippen molar-refractivity contribution in [2.45, 2.75) is 0 Å². The molecule has 0 amide bonds. The van der Waals surface area contributed by atoms with Crippen LogP contribution in [0.4, 0.5) is 0 Å². The Labute approximate surface area is 293 Å². The summed E-state index contributed by atoms with van der Waals surface area (Å²) >= 11 is 0. The molecule has 0 fully saturated rings. The van der Waals surface area contributed by atoms with E-state index in [1.54, 1.807) is 0 Å². The monoisotopic (exact) mass is 634 g/mol. The number of hydrogen-bond acceptors (Lipinski definition) is 0. The molecule has 0 saturated carbocycles. The largest absolute Gasteiger partial charge is 0.0622 e. The Bertz CT molecular complexity index is 2390. The van der Waals surface area contributed by atoms with Gasteiger partial charge in [0.2, 0.25) is 0 Å². The average molecular weight is 635 g/mol. The van der Waals surface area contributed by atoms with Crippen LogP contribution in [-0.4, -0.2) is 0 Å². The predicted octanol–water partition coefficient (Wildman–Crippen LogP) is 14.0. The molecule has 0 N–H and O–H groups in total. The summed E-state index contributed by atoms with van der Waals surface area (Å²) in [6.45, 7) is 0. The van der Waals surface area contributed by atoms with E-state index >= 15 is 0 Å². The van der Waals surface area contributed by atoms with Gasteiger partial charge < -0.3 is 0 Å². The van der Waals surface area contributed by atoms with Gasteiger partial charge in [-0.2, -0.15) is 0 Å². The van der Waals surface area contributed by atoms with Gasteiger partial charge in [-0.15, -0.1) is 0 Å². The van der Waals surface area contributed by atoms with Gasteiger partial charge in [0.1, 0.15) is 0 Å². The number of fused-ring (bicyclic) bond motifs is 2. The van der Waals surface area contributed by atoms with Crippen LogP contribution in [0.3, 0.4) is 0 Å². The second-order valence-corrected chi connectivity index (χ2v) is 12.8. The van der Waals surface area contributed by atoms with Gasteiger partial charge in [-0.05, 0) is 100 Å². The molecule has 234 valence electrons. The van der Waals surface area contributed by atoms with E-state index in [2.05, 4.69) is 206 Å². The number of hydrogen-bond donors (Lipinski definition) is 0. The van der Waals surface area contributed by atoms with Crippen LogP contribution in [0.5, 0.6) is 0 Å². The lowest BCUT2D eigenvalue weighted by atomic mass is 9.84. The highest BCUT2D eigenvalue weighted by Crippen LogP contribution is 2.45. The van der Waals surface area contributed by atoms with Crippen LogP contribution >= 0.6 is 0 Å². The van der Waals surface area contributed by atoms with Crippen molar-refractivity contribution in [2.24, 2.45) is 0 Å². The van der Waals surface area contributed by atoms with E-state index < -0.39 is 0 Å². The van der Waals surface area contributed by atoms with Gasteiger partial charge in [-0.3, -0.25) is 0 Å². The maximum absolute atomic E-state index is 2.37. The molecule has 0 aromatic heterocycles. The molecule has 0 radical (unpaired) electrons. The fourth-order valence-electron chi connectivity index (χ4n) is 7.64.